The Morgan fingerprint density at radius 3 is 3.20 bits per heavy atom. The quantitative estimate of drug-likeness (QED) is 0.532. The van der Waals surface area contributed by atoms with Gasteiger partial charge in [0.25, 0.3) is 0 Å². The van der Waals surface area contributed by atoms with Crippen LogP contribution in [0.25, 0.3) is 0 Å². The zero-order valence-electron chi connectivity index (χ0n) is 12.2. The van der Waals surface area contributed by atoms with Crippen molar-refractivity contribution in [3.05, 3.63) is 30.0 Å². The predicted molar refractivity (Wildman–Crippen MR) is 54.3 cm³/mol. The Morgan fingerprint density at radius 2 is 2.53 bits per heavy atom. The van der Waals surface area contributed by atoms with Crippen LogP contribution in [0.5, 0.6) is 0 Å². The van der Waals surface area contributed by atoms with Crippen LogP contribution in [0, 0.1) is 5.92 Å². The second-order valence-electron chi connectivity index (χ2n) is 3.43. The van der Waals surface area contributed by atoms with Gasteiger partial charge in [0, 0.05) is 31.5 Å². The second-order valence-corrected chi connectivity index (χ2v) is 3.43. The van der Waals surface area contributed by atoms with Gasteiger partial charge in [-0.15, -0.1) is 0 Å². The van der Waals surface area contributed by atoms with E-state index in [1.807, 2.05) is 0 Å². The van der Waals surface area contributed by atoms with Crippen LogP contribution >= 0.6 is 0 Å². The molecule has 0 aromatic carbocycles. The molecular weight excluding hydrogens is 192 g/mol. The summed E-state index contributed by atoms with van der Waals surface area (Å²) in [7, 11) is 1.58. The van der Waals surface area contributed by atoms with Crippen LogP contribution in [-0.2, 0) is 4.79 Å². The smallest absolute Gasteiger partial charge is 0.233 e. The molecular formula is C11H12N2O2. The molecule has 15 heavy (non-hydrogen) atoms. The summed E-state index contributed by atoms with van der Waals surface area (Å²) in [6.07, 6.45) is -0.692. The first kappa shape index (κ1) is 6.00. The second kappa shape index (κ2) is 3.81. The van der Waals surface area contributed by atoms with Gasteiger partial charge in [-0.1, -0.05) is 0 Å². The Balaban J connectivity index is 2.46. The maximum Gasteiger partial charge on any atom is 0.233 e. The third-order valence-corrected chi connectivity index (χ3v) is 2.46. The van der Waals surface area contributed by atoms with E-state index in [2.05, 4.69) is 4.98 Å². The van der Waals surface area contributed by atoms with Crippen LogP contribution in [0.15, 0.2) is 24.4 Å². The van der Waals surface area contributed by atoms with E-state index in [-0.39, 0.29) is 11.5 Å². The standard InChI is InChI=1S/C11H12N2O2/c1-13-6-4-9(11(13)15)10(14)8-3-2-5-12-7-8/h2-3,5,7,9H,4,6H2,1H3/i2D,3D,5D,7D. The summed E-state index contributed by atoms with van der Waals surface area (Å²) >= 11 is 0. The van der Waals surface area contributed by atoms with E-state index >= 15 is 0 Å². The minimum absolute atomic E-state index is 0.336. The molecule has 1 aliphatic rings. The molecule has 1 saturated heterocycles. The molecule has 0 bridgehead atoms. The van der Waals surface area contributed by atoms with E-state index in [1.54, 1.807) is 7.05 Å². The summed E-state index contributed by atoms with van der Waals surface area (Å²) in [5.74, 6) is -1.90. The Bertz CT molecular complexity index is 576. The van der Waals surface area contributed by atoms with Crippen molar-refractivity contribution in [3.8, 4) is 0 Å². The minimum atomic E-state index is -0.906. The van der Waals surface area contributed by atoms with Gasteiger partial charge >= 0.3 is 0 Å². The molecule has 1 fully saturated rings. The topological polar surface area (TPSA) is 50.3 Å². The van der Waals surface area contributed by atoms with Crippen molar-refractivity contribution in [1.29, 1.82) is 0 Å². The number of carbonyl (C=O) groups is 2. The first-order valence-corrected chi connectivity index (χ1v) is 4.58. The number of carbonyl (C=O) groups excluding carboxylic acids is 2. The maximum atomic E-state index is 12.2. The molecule has 1 atom stereocenters. The summed E-state index contributed by atoms with van der Waals surface area (Å²) in [6, 6.07) is -1.00. The molecule has 4 heteroatoms. The van der Waals surface area contributed by atoms with Gasteiger partial charge in [-0.25, -0.2) is 0 Å². The van der Waals surface area contributed by atoms with Crippen LogP contribution in [0.4, 0.5) is 0 Å². The van der Waals surface area contributed by atoms with Crippen molar-refractivity contribution >= 4 is 11.7 Å². The molecule has 0 N–H and O–H groups in total. The molecule has 1 unspecified atom stereocenters. The van der Waals surface area contributed by atoms with Crippen LogP contribution in [0.3, 0.4) is 0 Å². The summed E-state index contributed by atoms with van der Waals surface area (Å²) < 4.78 is 30.0. The lowest BCUT2D eigenvalue weighted by Crippen LogP contribution is -2.27. The molecule has 1 aromatic rings. The highest BCUT2D eigenvalue weighted by molar-refractivity contribution is 6.10. The van der Waals surface area contributed by atoms with Crippen LogP contribution < -0.4 is 0 Å². The van der Waals surface area contributed by atoms with Gasteiger partial charge in [-0.05, 0) is 18.5 Å². The highest BCUT2D eigenvalue weighted by Gasteiger charge is 2.35. The lowest BCUT2D eigenvalue weighted by atomic mass is 9.97. The van der Waals surface area contributed by atoms with E-state index in [0.29, 0.717) is 13.0 Å². The summed E-state index contributed by atoms with van der Waals surface area (Å²) in [4.78, 5) is 28.9. The number of amides is 1. The SMILES string of the molecule is [2H]c1nc([2H])c(C(=O)C2CCN(C)C2=O)c([2H])c1[2H]. The van der Waals surface area contributed by atoms with E-state index in [1.165, 1.54) is 4.90 Å². The number of ketones is 1. The number of hydrogen-bond acceptors (Lipinski definition) is 3. The van der Waals surface area contributed by atoms with Crippen molar-refractivity contribution in [2.45, 2.75) is 6.42 Å². The monoisotopic (exact) mass is 208 g/mol. The molecule has 1 amide bonds. The minimum Gasteiger partial charge on any atom is -0.345 e. The van der Waals surface area contributed by atoms with Gasteiger partial charge in [0.1, 0.15) is 5.92 Å². The maximum absolute atomic E-state index is 12.2. The third kappa shape index (κ3) is 1.75. The molecule has 1 aliphatic heterocycles. The number of aromatic nitrogens is 1. The van der Waals surface area contributed by atoms with Crippen LogP contribution in [-0.4, -0.2) is 35.2 Å². The zero-order chi connectivity index (χ0) is 14.3. The van der Waals surface area contributed by atoms with Gasteiger partial charge in [0.15, 0.2) is 5.78 Å². The normalized spacial score (nSPS) is 24.5. The molecule has 0 saturated carbocycles. The fraction of sp³-hybridized carbons (Fsp3) is 0.364. The molecule has 0 radical (unpaired) electrons. The highest BCUT2D eigenvalue weighted by atomic mass is 16.2. The number of nitrogens with zero attached hydrogens (tertiary/aromatic N) is 2. The van der Waals surface area contributed by atoms with Gasteiger partial charge in [0.2, 0.25) is 5.91 Å². The van der Waals surface area contributed by atoms with Crippen LogP contribution in [0.1, 0.15) is 22.3 Å². The number of Topliss-reactive ketones (excluding diaryl/α,β-unsaturated/α-hetero) is 1. The Hall–Kier alpha value is -1.71. The van der Waals surface area contributed by atoms with E-state index in [0.717, 1.165) is 0 Å². The molecule has 0 spiro atoms. The first-order valence-electron chi connectivity index (χ1n) is 6.58. The number of rotatable bonds is 2. The van der Waals surface area contributed by atoms with Crippen molar-refractivity contribution in [3.63, 3.8) is 0 Å². The fourth-order valence-corrected chi connectivity index (χ4v) is 1.59. The molecule has 4 nitrogen and oxygen atoms in total. The zero-order valence-corrected chi connectivity index (χ0v) is 8.20. The molecule has 78 valence electrons. The van der Waals surface area contributed by atoms with Gasteiger partial charge in [-0.2, -0.15) is 0 Å². The van der Waals surface area contributed by atoms with Gasteiger partial charge < -0.3 is 4.90 Å². The molecule has 2 rings (SSSR count). The Morgan fingerprint density at radius 1 is 1.73 bits per heavy atom. The van der Waals surface area contributed by atoms with Crippen LogP contribution in [0.2, 0.25) is 0 Å². The van der Waals surface area contributed by atoms with E-state index in [9.17, 15) is 9.59 Å². The van der Waals surface area contributed by atoms with Crippen molar-refractivity contribution in [2.75, 3.05) is 13.6 Å². The average molecular weight is 208 g/mol. The van der Waals surface area contributed by atoms with Gasteiger partial charge in [0.05, 0.1) is 5.48 Å². The summed E-state index contributed by atoms with van der Waals surface area (Å²) in [5, 5.41) is 0. The first-order chi connectivity index (χ1) is 8.84. The number of likely N-dealkylation sites (tertiary alicyclic amines) is 1. The van der Waals surface area contributed by atoms with Crippen molar-refractivity contribution < 1.29 is 15.1 Å². The largest absolute Gasteiger partial charge is 0.345 e. The Labute approximate surface area is 93.5 Å². The van der Waals surface area contributed by atoms with E-state index in [4.69, 9.17) is 5.48 Å². The van der Waals surface area contributed by atoms with Crippen molar-refractivity contribution in [2.24, 2.45) is 5.92 Å². The average Bonchev–Trinajstić information content (AvgIpc) is 2.67. The third-order valence-electron chi connectivity index (χ3n) is 2.46. The fourth-order valence-electron chi connectivity index (χ4n) is 1.59. The Kier molecular flexibility index (Phi) is 1.52. The molecule has 0 aliphatic carbocycles. The highest BCUT2D eigenvalue weighted by Crippen LogP contribution is 2.20. The van der Waals surface area contributed by atoms with Crippen molar-refractivity contribution in [1.82, 2.24) is 9.88 Å². The molecule has 2 heterocycles. The lowest BCUT2D eigenvalue weighted by Gasteiger charge is -2.08. The summed E-state index contributed by atoms with van der Waals surface area (Å²) in [6.45, 7) is 0.452. The predicted octanol–water partition coefficient (Wildman–Crippen LogP) is 0.743. The number of pyridine rings is 1. The van der Waals surface area contributed by atoms with Gasteiger partial charge in [-0.3, -0.25) is 14.6 Å². The summed E-state index contributed by atoms with van der Waals surface area (Å²) in [5.41, 5.74) is -0.338. The molecule has 1 aromatic heterocycles. The number of hydrogen-bond donors (Lipinski definition) is 0. The lowest BCUT2D eigenvalue weighted by molar-refractivity contribution is -0.128. The van der Waals surface area contributed by atoms with E-state index < -0.39 is 36.1 Å².